The van der Waals surface area contributed by atoms with Crippen LogP contribution in [0.25, 0.3) is 6.08 Å². The first kappa shape index (κ1) is 15.9. The summed E-state index contributed by atoms with van der Waals surface area (Å²) >= 11 is 3.73. The van der Waals surface area contributed by atoms with Crippen molar-refractivity contribution >= 4 is 58.2 Å². The lowest BCUT2D eigenvalue weighted by Crippen LogP contribution is -1.87. The molecule has 0 saturated heterocycles. The second-order valence-electron chi connectivity index (χ2n) is 4.09. The Balaban J connectivity index is 2.06. The normalized spacial score (nSPS) is 11.1. The number of anilines is 1. The van der Waals surface area contributed by atoms with E-state index in [1.807, 2.05) is 58.7 Å². The van der Waals surface area contributed by atoms with Gasteiger partial charge in [-0.3, -0.25) is 4.99 Å². The van der Waals surface area contributed by atoms with E-state index in [9.17, 15) is 0 Å². The van der Waals surface area contributed by atoms with Crippen LogP contribution >= 0.6 is 34.5 Å². The van der Waals surface area contributed by atoms with Crippen LogP contribution in [0.3, 0.4) is 0 Å². The van der Waals surface area contributed by atoms with E-state index >= 15 is 0 Å². The molecule has 0 radical (unpaired) electrons. The molecule has 0 saturated carbocycles. The second-order valence-corrected chi connectivity index (χ2v) is 5.66. The van der Waals surface area contributed by atoms with Crippen molar-refractivity contribution in [2.45, 2.75) is 4.90 Å². The molecule has 0 fully saturated rings. The van der Waals surface area contributed by atoms with Crippen LogP contribution in [0.5, 0.6) is 0 Å². The van der Waals surface area contributed by atoms with Crippen LogP contribution in [0, 0.1) is 0 Å². The highest BCUT2D eigenvalue weighted by molar-refractivity contribution is 14.1. The van der Waals surface area contributed by atoms with Gasteiger partial charge in [0.1, 0.15) is 0 Å². The van der Waals surface area contributed by atoms with E-state index in [4.69, 9.17) is 0 Å². The Hall–Kier alpha value is -1.53. The van der Waals surface area contributed by atoms with E-state index in [0.717, 1.165) is 21.8 Å². The summed E-state index contributed by atoms with van der Waals surface area (Å²) in [4.78, 5) is 5.53. The maximum absolute atomic E-state index is 4.44. The van der Waals surface area contributed by atoms with Crippen molar-refractivity contribution in [1.29, 1.82) is 0 Å². The van der Waals surface area contributed by atoms with Gasteiger partial charge in [0, 0.05) is 11.9 Å². The molecule has 0 aliphatic heterocycles. The number of halogens is 1. The maximum Gasteiger partial charge on any atom is 0.0783 e. The zero-order chi connectivity index (χ0) is 14.9. The summed E-state index contributed by atoms with van der Waals surface area (Å²) < 4.78 is 5.26. The van der Waals surface area contributed by atoms with E-state index in [1.54, 1.807) is 18.2 Å². The topological polar surface area (TPSA) is 24.4 Å². The largest absolute Gasteiger partial charge is 0.326 e. The molecule has 2 aromatic carbocycles. The van der Waals surface area contributed by atoms with Gasteiger partial charge in [-0.25, -0.2) is 0 Å². The summed E-state index contributed by atoms with van der Waals surface area (Å²) in [5.74, 6) is 0. The number of benzene rings is 2. The molecule has 0 aliphatic carbocycles. The third kappa shape index (κ3) is 5.06. The van der Waals surface area contributed by atoms with Gasteiger partial charge in [-0.05, 0) is 51.9 Å². The van der Waals surface area contributed by atoms with Gasteiger partial charge in [-0.15, -0.1) is 0 Å². The number of hydrogen-bond donors (Lipinski definition) is 1. The van der Waals surface area contributed by atoms with Gasteiger partial charge in [0.05, 0.1) is 10.6 Å². The Morgan fingerprint density at radius 1 is 1.10 bits per heavy atom. The van der Waals surface area contributed by atoms with Crippen LogP contribution in [-0.4, -0.2) is 6.21 Å². The molecular formula is C17H15IN2S. The fraction of sp³-hybridized carbons (Fsp3) is 0. The zero-order valence-corrected chi connectivity index (χ0v) is 14.3. The highest BCUT2D eigenvalue weighted by atomic mass is 127. The summed E-state index contributed by atoms with van der Waals surface area (Å²) in [6, 6.07) is 16.2. The van der Waals surface area contributed by atoms with Crippen LogP contribution in [0.4, 0.5) is 11.4 Å². The first-order chi connectivity index (χ1) is 10.3. The van der Waals surface area contributed by atoms with Crippen molar-refractivity contribution in [2.24, 2.45) is 4.99 Å². The van der Waals surface area contributed by atoms with Crippen molar-refractivity contribution in [3.8, 4) is 0 Å². The lowest BCUT2D eigenvalue weighted by Gasteiger charge is -2.07. The van der Waals surface area contributed by atoms with Crippen molar-refractivity contribution < 1.29 is 0 Å². The molecule has 0 unspecified atom stereocenters. The second kappa shape index (κ2) is 8.69. The smallest absolute Gasteiger partial charge is 0.0783 e. The predicted molar refractivity (Wildman–Crippen MR) is 104 cm³/mol. The molecule has 0 spiro atoms. The summed E-state index contributed by atoms with van der Waals surface area (Å²) in [6.45, 7) is 3.75. The summed E-state index contributed by atoms with van der Waals surface area (Å²) in [5.41, 5.74) is 3.12. The molecule has 106 valence electrons. The minimum absolute atomic E-state index is 0.951. The molecule has 0 amide bonds. The maximum atomic E-state index is 4.44. The first-order valence-electron chi connectivity index (χ1n) is 6.37. The lowest BCUT2D eigenvalue weighted by molar-refractivity contribution is 1.38. The zero-order valence-electron chi connectivity index (χ0n) is 11.4. The lowest BCUT2D eigenvalue weighted by atomic mass is 10.2. The van der Waals surface area contributed by atoms with Crippen LogP contribution in [0.15, 0.2) is 75.2 Å². The third-order valence-corrected chi connectivity index (χ3v) is 3.98. The number of hydrogen-bond acceptors (Lipinski definition) is 3. The van der Waals surface area contributed by atoms with Crippen LogP contribution in [0.2, 0.25) is 0 Å². The van der Waals surface area contributed by atoms with Gasteiger partial charge >= 0.3 is 0 Å². The fourth-order valence-electron chi connectivity index (χ4n) is 1.61. The fourth-order valence-corrected chi connectivity index (χ4v) is 2.53. The highest BCUT2D eigenvalue weighted by Gasteiger charge is 2.01. The molecule has 2 rings (SSSR count). The van der Waals surface area contributed by atoms with Gasteiger partial charge < -0.3 is 4.72 Å². The summed E-state index contributed by atoms with van der Waals surface area (Å²) in [5, 5.41) is 0. The molecule has 0 heterocycles. The van der Waals surface area contributed by atoms with E-state index < -0.39 is 0 Å². The quantitative estimate of drug-likeness (QED) is 0.356. The molecule has 2 aromatic rings. The molecule has 1 N–H and O–H groups in total. The molecule has 2 nitrogen and oxygen atoms in total. The summed E-state index contributed by atoms with van der Waals surface area (Å²) in [6.07, 6.45) is 5.54. The van der Waals surface area contributed by atoms with E-state index in [0.29, 0.717) is 0 Å². The van der Waals surface area contributed by atoms with Crippen LogP contribution in [-0.2, 0) is 0 Å². The van der Waals surface area contributed by atoms with Gasteiger partial charge in [0.25, 0.3) is 0 Å². The number of para-hydroxylation sites is 1. The minimum Gasteiger partial charge on any atom is -0.326 e. The Morgan fingerprint density at radius 2 is 1.86 bits per heavy atom. The first-order valence-corrected chi connectivity index (χ1v) is 8.43. The molecule has 0 aromatic heterocycles. The number of nitrogens with zero attached hydrogens (tertiary/aromatic N) is 1. The van der Waals surface area contributed by atoms with E-state index in [-0.39, 0.29) is 0 Å². The predicted octanol–water partition coefficient (Wildman–Crippen LogP) is 6.10. The number of aliphatic imine (C=N–C) groups is 1. The average molecular weight is 406 g/mol. The third-order valence-electron chi connectivity index (χ3n) is 2.66. The van der Waals surface area contributed by atoms with Gasteiger partial charge in [-0.2, -0.15) is 0 Å². The van der Waals surface area contributed by atoms with Gasteiger partial charge in [-0.1, -0.05) is 59.5 Å². The van der Waals surface area contributed by atoms with Crippen molar-refractivity contribution in [3.05, 3.63) is 70.8 Å². The molecule has 0 bridgehead atoms. The van der Waals surface area contributed by atoms with Gasteiger partial charge in [0.2, 0.25) is 0 Å². The van der Waals surface area contributed by atoms with Crippen molar-refractivity contribution in [1.82, 2.24) is 0 Å². The number of nitrogens with one attached hydrogen (secondary N) is 1. The Kier molecular flexibility index (Phi) is 6.56. The monoisotopic (exact) mass is 406 g/mol. The van der Waals surface area contributed by atoms with E-state index in [1.165, 1.54) is 0 Å². The SMILES string of the molecule is C=Cc1ccc(NSc2ccccc2N=C/C=C\I)cc1. The van der Waals surface area contributed by atoms with Crippen LogP contribution in [0.1, 0.15) is 5.56 Å². The van der Waals surface area contributed by atoms with Crippen molar-refractivity contribution in [3.63, 3.8) is 0 Å². The van der Waals surface area contributed by atoms with E-state index in [2.05, 4.69) is 45.0 Å². The standard InChI is InChI=1S/C17H15IN2S/c1-2-14-8-10-15(11-9-14)20-21-17-7-4-3-6-16(17)19-13-5-12-18/h2-13,20H,1H2/b12-5-,19-13?. The average Bonchev–Trinajstić information content (AvgIpc) is 2.54. The molecule has 4 heteroatoms. The molecular weight excluding hydrogens is 391 g/mol. The minimum atomic E-state index is 0.951. The Morgan fingerprint density at radius 3 is 2.57 bits per heavy atom. The van der Waals surface area contributed by atoms with Crippen molar-refractivity contribution in [2.75, 3.05) is 4.72 Å². The molecule has 21 heavy (non-hydrogen) atoms. The Bertz CT molecular complexity index is 648. The van der Waals surface area contributed by atoms with Gasteiger partial charge in [0.15, 0.2) is 0 Å². The van der Waals surface area contributed by atoms with Crippen LogP contribution < -0.4 is 4.72 Å². The Labute approximate surface area is 143 Å². The highest BCUT2D eigenvalue weighted by Crippen LogP contribution is 2.30. The molecule has 0 aliphatic rings. The summed E-state index contributed by atoms with van der Waals surface area (Å²) in [7, 11) is 0. The number of allylic oxidation sites excluding steroid dienone is 1. The number of rotatable bonds is 6. The molecule has 0 atom stereocenters.